The van der Waals surface area contributed by atoms with E-state index in [9.17, 15) is 4.79 Å². The molecule has 0 aliphatic heterocycles. The summed E-state index contributed by atoms with van der Waals surface area (Å²) in [5.74, 6) is 0.369. The van der Waals surface area contributed by atoms with Crippen LogP contribution in [0.25, 0.3) is 0 Å². The molecule has 0 aliphatic rings. The van der Waals surface area contributed by atoms with Crippen LogP contribution in [0.3, 0.4) is 0 Å². The van der Waals surface area contributed by atoms with Gasteiger partial charge in [0.25, 0.3) is 0 Å². The fourth-order valence-electron chi connectivity index (χ4n) is 1.37. The van der Waals surface area contributed by atoms with Crippen LogP contribution >= 0.6 is 23.7 Å². The van der Waals surface area contributed by atoms with Gasteiger partial charge in [-0.25, -0.2) is 0 Å². The van der Waals surface area contributed by atoms with Crippen molar-refractivity contribution in [3.63, 3.8) is 0 Å². The average Bonchev–Trinajstić information content (AvgIpc) is 2.69. The van der Waals surface area contributed by atoms with Gasteiger partial charge in [0, 0.05) is 11.4 Å². The fraction of sp³-hybridized carbons (Fsp3) is 0.583. The van der Waals surface area contributed by atoms with Crippen LogP contribution in [0.4, 0.5) is 0 Å². The van der Waals surface area contributed by atoms with Gasteiger partial charge in [-0.2, -0.15) is 0 Å². The van der Waals surface area contributed by atoms with Crippen molar-refractivity contribution in [3.8, 4) is 0 Å². The van der Waals surface area contributed by atoms with Crippen LogP contribution in [0.1, 0.15) is 25.6 Å². The number of amides is 1. The molecule has 1 rings (SSSR count). The third-order valence-electron chi connectivity index (χ3n) is 3.04. The molecule has 1 aromatic rings. The number of hydrogen-bond acceptors (Lipinski definition) is 3. The highest BCUT2D eigenvalue weighted by molar-refractivity contribution is 7.10. The second kappa shape index (κ2) is 6.99. The van der Waals surface area contributed by atoms with Crippen LogP contribution in [0.5, 0.6) is 0 Å². The number of carbonyl (C=O) groups is 1. The van der Waals surface area contributed by atoms with Crippen LogP contribution in [0.2, 0.25) is 0 Å². The fourth-order valence-corrected chi connectivity index (χ4v) is 2.07. The van der Waals surface area contributed by atoms with E-state index in [4.69, 9.17) is 5.73 Å². The van der Waals surface area contributed by atoms with Gasteiger partial charge in [-0.1, -0.05) is 19.9 Å². The maximum Gasteiger partial charge on any atom is 0.225 e. The van der Waals surface area contributed by atoms with Crippen LogP contribution in [-0.4, -0.2) is 18.0 Å². The molecular formula is C12H21ClN2OS. The van der Waals surface area contributed by atoms with Gasteiger partial charge in [0.15, 0.2) is 0 Å². The van der Waals surface area contributed by atoms with Gasteiger partial charge >= 0.3 is 0 Å². The molecule has 0 aromatic carbocycles. The number of nitrogens with two attached hydrogens (primary N) is 1. The molecule has 3 N–H and O–H groups in total. The standard InChI is InChI=1S/C12H20N2OS.ClH/c1-9(2)12(3,8-13)14-11(15)7-10-5-4-6-16-10;/h4-6,9H,7-8,13H2,1-3H3,(H,14,15);1H. The first-order valence-corrected chi connectivity index (χ1v) is 6.39. The van der Waals surface area contributed by atoms with Gasteiger partial charge in [-0.3, -0.25) is 4.79 Å². The molecule has 5 heteroatoms. The summed E-state index contributed by atoms with van der Waals surface area (Å²) in [6, 6.07) is 3.93. The predicted molar refractivity (Wildman–Crippen MR) is 75.7 cm³/mol. The van der Waals surface area contributed by atoms with E-state index < -0.39 is 0 Å². The first-order chi connectivity index (χ1) is 7.48. The van der Waals surface area contributed by atoms with E-state index in [1.54, 1.807) is 11.3 Å². The molecule has 98 valence electrons. The van der Waals surface area contributed by atoms with E-state index in [0.29, 0.717) is 18.9 Å². The Morgan fingerprint density at radius 3 is 2.65 bits per heavy atom. The lowest BCUT2D eigenvalue weighted by Crippen LogP contribution is -2.55. The summed E-state index contributed by atoms with van der Waals surface area (Å²) in [6.45, 7) is 6.58. The first-order valence-electron chi connectivity index (χ1n) is 5.51. The van der Waals surface area contributed by atoms with Gasteiger partial charge in [0.1, 0.15) is 0 Å². The number of halogens is 1. The zero-order valence-electron chi connectivity index (χ0n) is 10.5. The lowest BCUT2D eigenvalue weighted by Gasteiger charge is -2.33. The molecule has 3 nitrogen and oxygen atoms in total. The van der Waals surface area contributed by atoms with Gasteiger partial charge in [0.2, 0.25) is 5.91 Å². The molecular weight excluding hydrogens is 256 g/mol. The summed E-state index contributed by atoms with van der Waals surface area (Å²) in [5, 5.41) is 5.00. The normalized spacial score (nSPS) is 13.9. The van der Waals surface area contributed by atoms with Gasteiger partial charge in [-0.15, -0.1) is 23.7 Å². The molecule has 17 heavy (non-hydrogen) atoms. The maximum absolute atomic E-state index is 11.8. The van der Waals surface area contributed by atoms with Crippen LogP contribution in [0.15, 0.2) is 17.5 Å². The summed E-state index contributed by atoms with van der Waals surface area (Å²) in [4.78, 5) is 12.9. The third-order valence-corrected chi connectivity index (χ3v) is 3.91. The molecule has 1 atom stereocenters. The summed E-state index contributed by atoms with van der Waals surface area (Å²) in [7, 11) is 0. The minimum absolute atomic E-state index is 0. The highest BCUT2D eigenvalue weighted by Crippen LogP contribution is 2.16. The number of carbonyl (C=O) groups excluding carboxylic acids is 1. The zero-order chi connectivity index (χ0) is 12.2. The number of thiophene rings is 1. The molecule has 0 aliphatic carbocycles. The monoisotopic (exact) mass is 276 g/mol. The largest absolute Gasteiger partial charge is 0.349 e. The highest BCUT2D eigenvalue weighted by Gasteiger charge is 2.28. The lowest BCUT2D eigenvalue weighted by atomic mass is 9.88. The Bertz CT molecular complexity index is 340. The van der Waals surface area contributed by atoms with Crippen molar-refractivity contribution in [3.05, 3.63) is 22.4 Å². The van der Waals surface area contributed by atoms with Crippen LogP contribution in [-0.2, 0) is 11.2 Å². The number of nitrogens with one attached hydrogen (secondary N) is 1. The maximum atomic E-state index is 11.8. The molecule has 1 heterocycles. The zero-order valence-corrected chi connectivity index (χ0v) is 12.2. The molecule has 1 unspecified atom stereocenters. The average molecular weight is 277 g/mol. The van der Waals surface area contributed by atoms with E-state index in [-0.39, 0.29) is 23.9 Å². The van der Waals surface area contributed by atoms with Crippen molar-refractivity contribution in [2.75, 3.05) is 6.54 Å². The van der Waals surface area contributed by atoms with Crippen molar-refractivity contribution in [2.24, 2.45) is 11.7 Å². The number of rotatable bonds is 5. The Labute approximate surface area is 113 Å². The van der Waals surface area contributed by atoms with Crippen molar-refractivity contribution >= 4 is 29.7 Å². The highest BCUT2D eigenvalue weighted by atomic mass is 35.5. The Hall–Kier alpha value is -0.580. The molecule has 0 spiro atoms. The van der Waals surface area contributed by atoms with Crippen molar-refractivity contribution in [2.45, 2.75) is 32.7 Å². The molecule has 1 amide bonds. The predicted octanol–water partition coefficient (Wildman–Crippen LogP) is 2.20. The Morgan fingerprint density at radius 2 is 2.24 bits per heavy atom. The van der Waals surface area contributed by atoms with E-state index in [0.717, 1.165) is 4.88 Å². The summed E-state index contributed by atoms with van der Waals surface area (Å²) in [5.41, 5.74) is 5.41. The molecule has 1 aromatic heterocycles. The van der Waals surface area contributed by atoms with Crippen molar-refractivity contribution in [1.29, 1.82) is 0 Å². The molecule has 0 bridgehead atoms. The van der Waals surface area contributed by atoms with Gasteiger partial charge < -0.3 is 11.1 Å². The Kier molecular flexibility index (Phi) is 6.75. The van der Waals surface area contributed by atoms with Crippen molar-refractivity contribution in [1.82, 2.24) is 5.32 Å². The summed E-state index contributed by atoms with van der Waals surface area (Å²) < 4.78 is 0. The molecule has 0 radical (unpaired) electrons. The molecule has 0 saturated carbocycles. The quantitative estimate of drug-likeness (QED) is 0.866. The van der Waals surface area contributed by atoms with E-state index in [1.807, 2.05) is 24.4 Å². The Morgan fingerprint density at radius 1 is 1.59 bits per heavy atom. The van der Waals surface area contributed by atoms with Crippen LogP contribution < -0.4 is 11.1 Å². The third kappa shape index (κ3) is 4.66. The van der Waals surface area contributed by atoms with Gasteiger partial charge in [-0.05, 0) is 24.3 Å². The van der Waals surface area contributed by atoms with Crippen LogP contribution in [0, 0.1) is 5.92 Å². The summed E-state index contributed by atoms with van der Waals surface area (Å²) in [6.07, 6.45) is 0.444. The second-order valence-electron chi connectivity index (χ2n) is 4.58. The minimum Gasteiger partial charge on any atom is -0.349 e. The lowest BCUT2D eigenvalue weighted by molar-refractivity contribution is -0.122. The van der Waals surface area contributed by atoms with E-state index in [1.165, 1.54) is 0 Å². The SMILES string of the molecule is CC(C)C(C)(CN)NC(=O)Cc1cccs1.Cl. The van der Waals surface area contributed by atoms with Crippen molar-refractivity contribution < 1.29 is 4.79 Å². The first kappa shape index (κ1) is 16.4. The summed E-state index contributed by atoms with van der Waals surface area (Å²) >= 11 is 1.60. The topological polar surface area (TPSA) is 55.1 Å². The van der Waals surface area contributed by atoms with Gasteiger partial charge in [0.05, 0.1) is 12.0 Å². The molecule has 0 saturated heterocycles. The van der Waals surface area contributed by atoms with E-state index >= 15 is 0 Å². The smallest absolute Gasteiger partial charge is 0.225 e. The minimum atomic E-state index is -0.311. The Balaban J connectivity index is 0.00000256. The molecule has 0 fully saturated rings. The number of hydrogen-bond donors (Lipinski definition) is 2. The van der Waals surface area contributed by atoms with E-state index in [2.05, 4.69) is 19.2 Å². The second-order valence-corrected chi connectivity index (χ2v) is 5.61.